The highest BCUT2D eigenvalue weighted by Gasteiger charge is 2.17. The number of methoxy groups -OCH3 is 1. The lowest BCUT2D eigenvalue weighted by molar-refractivity contribution is 0.241. The van der Waals surface area contributed by atoms with Gasteiger partial charge in [-0.2, -0.15) is 0 Å². The average Bonchev–Trinajstić information content (AvgIpc) is 2.48. The van der Waals surface area contributed by atoms with E-state index in [1.54, 1.807) is 6.20 Å². The zero-order valence-electron chi connectivity index (χ0n) is 11.6. The van der Waals surface area contributed by atoms with Gasteiger partial charge < -0.3 is 9.72 Å². The van der Waals surface area contributed by atoms with Crippen LogP contribution in [0.1, 0.15) is 16.8 Å². The average molecular weight is 306 g/mol. The van der Waals surface area contributed by atoms with Crippen LogP contribution in [0.2, 0.25) is 0 Å². The van der Waals surface area contributed by atoms with Crippen molar-refractivity contribution in [2.24, 2.45) is 0 Å². The van der Waals surface area contributed by atoms with Gasteiger partial charge in [0, 0.05) is 49.7 Å². The number of pyridine rings is 1. The van der Waals surface area contributed by atoms with Gasteiger partial charge in [0.05, 0.1) is 7.11 Å². The van der Waals surface area contributed by atoms with Gasteiger partial charge in [0.25, 0.3) is 0 Å². The predicted octanol–water partition coefficient (Wildman–Crippen LogP) is 2.24. The van der Waals surface area contributed by atoms with Crippen LogP contribution >= 0.6 is 12.2 Å². The molecule has 0 saturated heterocycles. The Morgan fingerprint density at radius 1 is 1.43 bits per heavy atom. The van der Waals surface area contributed by atoms with Crippen molar-refractivity contribution in [2.45, 2.75) is 19.5 Å². The zero-order chi connectivity index (χ0) is 14.8. The molecule has 0 aliphatic carbocycles. The van der Waals surface area contributed by atoms with E-state index in [-0.39, 0.29) is 5.88 Å². The summed E-state index contributed by atoms with van der Waals surface area (Å²) in [6, 6.07) is 1.47. The molecule has 5 nitrogen and oxygen atoms in total. The Labute approximate surface area is 126 Å². The van der Waals surface area contributed by atoms with E-state index in [9.17, 15) is 4.39 Å². The Hall–Kier alpha value is -1.86. The van der Waals surface area contributed by atoms with Crippen LogP contribution in [0, 0.1) is 10.6 Å². The number of hydrogen-bond donors (Lipinski definition) is 1. The molecular formula is C14H15FN4OS. The number of nitrogens with zero attached hydrogens (tertiary/aromatic N) is 3. The molecule has 0 atom stereocenters. The molecule has 3 rings (SSSR count). The molecule has 0 unspecified atom stereocenters. The normalized spacial score (nSPS) is 14.8. The summed E-state index contributed by atoms with van der Waals surface area (Å²) in [6.07, 6.45) is 4.34. The lowest BCUT2D eigenvalue weighted by Crippen LogP contribution is -2.31. The second-order valence-corrected chi connectivity index (χ2v) is 5.37. The van der Waals surface area contributed by atoms with Crippen molar-refractivity contribution < 1.29 is 9.13 Å². The Bertz CT molecular complexity index is 718. The van der Waals surface area contributed by atoms with Crippen LogP contribution < -0.4 is 4.74 Å². The number of rotatable bonds is 3. The third-order valence-electron chi connectivity index (χ3n) is 3.52. The number of aromatic nitrogens is 3. The summed E-state index contributed by atoms with van der Waals surface area (Å²) in [4.78, 5) is 13.4. The van der Waals surface area contributed by atoms with Crippen LogP contribution in [0.3, 0.4) is 0 Å². The van der Waals surface area contributed by atoms with Crippen LogP contribution in [-0.2, 0) is 19.5 Å². The minimum atomic E-state index is -0.432. The molecule has 0 amide bonds. The van der Waals surface area contributed by atoms with E-state index in [0.717, 1.165) is 36.3 Å². The summed E-state index contributed by atoms with van der Waals surface area (Å²) in [5, 5.41) is 0. The van der Waals surface area contributed by atoms with E-state index >= 15 is 0 Å². The molecule has 0 aromatic carbocycles. The molecule has 2 aromatic heterocycles. The van der Waals surface area contributed by atoms with E-state index in [1.165, 1.54) is 13.2 Å². The van der Waals surface area contributed by atoms with Crippen molar-refractivity contribution in [2.75, 3.05) is 13.7 Å². The third-order valence-corrected chi connectivity index (χ3v) is 3.73. The van der Waals surface area contributed by atoms with E-state index in [2.05, 4.69) is 19.9 Å². The zero-order valence-corrected chi connectivity index (χ0v) is 12.4. The second kappa shape index (κ2) is 5.87. The maximum Gasteiger partial charge on any atom is 0.250 e. The van der Waals surface area contributed by atoms with Crippen LogP contribution in [-0.4, -0.2) is 33.5 Å². The van der Waals surface area contributed by atoms with Crippen LogP contribution in [0.4, 0.5) is 4.39 Å². The fourth-order valence-electron chi connectivity index (χ4n) is 2.50. The highest BCUT2D eigenvalue weighted by Crippen LogP contribution is 2.20. The first-order valence-corrected chi connectivity index (χ1v) is 7.04. The summed E-state index contributed by atoms with van der Waals surface area (Å²) in [5.74, 6) is -0.405. The molecule has 21 heavy (non-hydrogen) atoms. The van der Waals surface area contributed by atoms with Gasteiger partial charge in [0.1, 0.15) is 0 Å². The van der Waals surface area contributed by atoms with Crippen molar-refractivity contribution in [3.63, 3.8) is 0 Å². The van der Waals surface area contributed by atoms with Crippen LogP contribution in [0.5, 0.6) is 5.88 Å². The highest BCUT2D eigenvalue weighted by atomic mass is 32.1. The number of halogens is 1. The van der Waals surface area contributed by atoms with Crippen LogP contribution in [0.15, 0.2) is 18.5 Å². The lowest BCUT2D eigenvalue weighted by atomic mass is 10.1. The van der Waals surface area contributed by atoms with E-state index < -0.39 is 5.82 Å². The molecule has 7 heteroatoms. The Morgan fingerprint density at radius 3 is 3.05 bits per heavy atom. The van der Waals surface area contributed by atoms with Gasteiger partial charge in [0.2, 0.25) is 5.88 Å². The SMILES string of the molecule is COc1ncc(CN2CCc3[nH]c(=S)ncc3C2)cc1F. The number of aromatic amines is 1. The molecule has 110 valence electrons. The highest BCUT2D eigenvalue weighted by molar-refractivity contribution is 7.71. The quantitative estimate of drug-likeness (QED) is 0.881. The first-order chi connectivity index (χ1) is 10.2. The molecule has 2 aromatic rings. The van der Waals surface area contributed by atoms with E-state index in [0.29, 0.717) is 11.3 Å². The monoisotopic (exact) mass is 306 g/mol. The first kappa shape index (κ1) is 14.1. The van der Waals surface area contributed by atoms with E-state index in [4.69, 9.17) is 17.0 Å². The fourth-order valence-corrected chi connectivity index (χ4v) is 2.68. The lowest BCUT2D eigenvalue weighted by Gasteiger charge is -2.28. The number of nitrogens with one attached hydrogen (secondary N) is 1. The maximum atomic E-state index is 13.7. The van der Waals surface area contributed by atoms with E-state index in [1.807, 2.05) is 6.20 Å². The summed E-state index contributed by atoms with van der Waals surface area (Å²) < 4.78 is 19.0. The summed E-state index contributed by atoms with van der Waals surface area (Å²) in [6.45, 7) is 2.29. The molecule has 0 spiro atoms. The topological polar surface area (TPSA) is 54.0 Å². The van der Waals surface area contributed by atoms with Crippen molar-refractivity contribution >= 4 is 12.2 Å². The largest absolute Gasteiger partial charge is 0.479 e. The molecule has 0 radical (unpaired) electrons. The van der Waals surface area contributed by atoms with Gasteiger partial charge in [-0.1, -0.05) is 0 Å². The van der Waals surface area contributed by atoms with Crippen molar-refractivity contribution in [1.82, 2.24) is 19.9 Å². The minimum Gasteiger partial charge on any atom is -0.479 e. The van der Waals surface area contributed by atoms with Gasteiger partial charge in [-0.25, -0.2) is 14.4 Å². The third kappa shape index (κ3) is 3.08. The van der Waals surface area contributed by atoms with Gasteiger partial charge >= 0.3 is 0 Å². The van der Waals surface area contributed by atoms with Crippen molar-refractivity contribution in [1.29, 1.82) is 0 Å². The molecule has 0 bridgehead atoms. The second-order valence-electron chi connectivity index (χ2n) is 4.99. The Balaban J connectivity index is 1.73. The standard InChI is InChI=1S/C14H15FN4OS/c1-20-13-11(15)4-9(5-16-13)7-19-3-2-12-10(8-19)6-17-14(21)18-12/h4-6H,2-3,7-8H2,1H3,(H,17,18,21). The maximum absolute atomic E-state index is 13.7. The Kier molecular flexibility index (Phi) is 3.94. The van der Waals surface area contributed by atoms with Gasteiger partial charge in [-0.3, -0.25) is 4.90 Å². The predicted molar refractivity (Wildman–Crippen MR) is 78.0 cm³/mol. The molecule has 1 aliphatic heterocycles. The molecule has 0 saturated carbocycles. The van der Waals surface area contributed by atoms with Gasteiger partial charge in [0.15, 0.2) is 10.6 Å². The fraction of sp³-hybridized carbons (Fsp3) is 0.357. The van der Waals surface area contributed by atoms with Gasteiger partial charge in [-0.15, -0.1) is 0 Å². The van der Waals surface area contributed by atoms with Crippen LogP contribution in [0.25, 0.3) is 0 Å². The molecular weight excluding hydrogens is 291 g/mol. The summed E-state index contributed by atoms with van der Waals surface area (Å²) in [5.41, 5.74) is 3.11. The number of hydrogen-bond acceptors (Lipinski definition) is 5. The summed E-state index contributed by atoms with van der Waals surface area (Å²) >= 11 is 5.03. The molecule has 1 N–H and O–H groups in total. The minimum absolute atomic E-state index is 0.0273. The molecule has 3 heterocycles. The number of fused-ring (bicyclic) bond motifs is 1. The number of H-pyrrole nitrogens is 1. The van der Waals surface area contributed by atoms with Crippen molar-refractivity contribution in [3.8, 4) is 5.88 Å². The van der Waals surface area contributed by atoms with Gasteiger partial charge in [-0.05, 0) is 23.8 Å². The first-order valence-electron chi connectivity index (χ1n) is 6.63. The molecule has 0 fully saturated rings. The van der Waals surface area contributed by atoms with Crippen molar-refractivity contribution in [3.05, 3.63) is 45.9 Å². The molecule has 1 aliphatic rings. The summed E-state index contributed by atoms with van der Waals surface area (Å²) in [7, 11) is 1.41. The number of ether oxygens (including phenoxy) is 1. The smallest absolute Gasteiger partial charge is 0.250 e. The Morgan fingerprint density at radius 2 is 2.29 bits per heavy atom.